The average Bonchev–Trinajstić information content (AvgIpc) is 2.39. The van der Waals surface area contributed by atoms with E-state index in [9.17, 15) is 29.6 Å². The van der Waals surface area contributed by atoms with Crippen molar-refractivity contribution in [2.45, 2.75) is 20.8 Å². The van der Waals surface area contributed by atoms with Crippen molar-refractivity contribution < 1.29 is 29.2 Å². The van der Waals surface area contributed by atoms with Crippen molar-refractivity contribution in [1.82, 2.24) is 0 Å². The Hall–Kier alpha value is -2.97. The first-order chi connectivity index (χ1) is 10.2. The molecular formula is C13H14N2O7. The molecule has 9 nitrogen and oxygen atoms in total. The summed E-state index contributed by atoms with van der Waals surface area (Å²) in [5.41, 5.74) is -1.83. The number of nitro benzene ring substituents is 1. The largest absolute Gasteiger partial charge is 0.478 e. The van der Waals surface area contributed by atoms with Gasteiger partial charge in [0, 0.05) is 13.0 Å². The molecule has 1 rings (SSSR count). The molecule has 0 saturated heterocycles. The summed E-state index contributed by atoms with van der Waals surface area (Å²) in [4.78, 5) is 44.7. The zero-order valence-electron chi connectivity index (χ0n) is 12.1. The van der Waals surface area contributed by atoms with E-state index in [-0.39, 0.29) is 17.9 Å². The van der Waals surface area contributed by atoms with Gasteiger partial charge in [-0.25, -0.2) is 9.59 Å². The van der Waals surface area contributed by atoms with Gasteiger partial charge in [0.2, 0.25) is 5.91 Å². The van der Waals surface area contributed by atoms with Gasteiger partial charge in [0.1, 0.15) is 5.69 Å². The number of carbonyl (C=O) groups is 3. The van der Waals surface area contributed by atoms with Gasteiger partial charge in [0.15, 0.2) is 0 Å². The predicted octanol–water partition coefficient (Wildman–Crippen LogP) is 1.74. The van der Waals surface area contributed by atoms with E-state index in [1.165, 1.54) is 13.8 Å². The fourth-order valence-corrected chi connectivity index (χ4v) is 1.92. The van der Waals surface area contributed by atoms with E-state index in [0.717, 1.165) is 13.0 Å². The number of hydrogen-bond acceptors (Lipinski definition) is 6. The maximum absolute atomic E-state index is 11.8. The van der Waals surface area contributed by atoms with Crippen LogP contribution in [0, 0.1) is 17.0 Å². The van der Waals surface area contributed by atoms with Crippen LogP contribution in [0.15, 0.2) is 6.07 Å². The molecule has 0 aliphatic heterocycles. The third kappa shape index (κ3) is 3.37. The van der Waals surface area contributed by atoms with Gasteiger partial charge >= 0.3 is 11.9 Å². The lowest BCUT2D eigenvalue weighted by Gasteiger charge is -2.13. The molecule has 0 fully saturated rings. The molecule has 0 saturated carbocycles. The second kappa shape index (κ2) is 6.66. The van der Waals surface area contributed by atoms with Gasteiger partial charge in [0.25, 0.3) is 5.69 Å². The highest BCUT2D eigenvalue weighted by Gasteiger charge is 2.29. The lowest BCUT2D eigenvalue weighted by Crippen LogP contribution is -2.17. The summed E-state index contributed by atoms with van der Waals surface area (Å²) < 4.78 is 4.72. The number of nitrogens with one attached hydrogen (secondary N) is 1. The number of benzene rings is 1. The highest BCUT2D eigenvalue weighted by atomic mass is 16.6. The van der Waals surface area contributed by atoms with Crippen LogP contribution in [0.25, 0.3) is 0 Å². The van der Waals surface area contributed by atoms with Gasteiger partial charge in [-0.1, -0.05) is 0 Å². The molecule has 0 atom stereocenters. The number of carboxylic acids is 1. The number of nitro groups is 1. The first kappa shape index (κ1) is 17.1. The van der Waals surface area contributed by atoms with Gasteiger partial charge in [-0.3, -0.25) is 14.9 Å². The van der Waals surface area contributed by atoms with E-state index in [0.29, 0.717) is 0 Å². The summed E-state index contributed by atoms with van der Waals surface area (Å²) in [5, 5.41) is 22.6. The Morgan fingerprint density at radius 2 is 2.00 bits per heavy atom. The summed E-state index contributed by atoms with van der Waals surface area (Å²) in [6.07, 6.45) is 0. The van der Waals surface area contributed by atoms with Crippen molar-refractivity contribution in [2.75, 3.05) is 11.9 Å². The molecule has 0 aliphatic rings. The topological polar surface area (TPSA) is 136 Å². The molecule has 2 N–H and O–H groups in total. The van der Waals surface area contributed by atoms with E-state index in [1.807, 2.05) is 0 Å². The number of esters is 1. The zero-order chi connectivity index (χ0) is 17.0. The third-order valence-corrected chi connectivity index (χ3v) is 2.76. The molecule has 0 bridgehead atoms. The van der Waals surface area contributed by atoms with Crippen molar-refractivity contribution in [3.8, 4) is 0 Å². The predicted molar refractivity (Wildman–Crippen MR) is 75.1 cm³/mol. The number of nitrogens with zero attached hydrogens (tertiary/aromatic N) is 1. The number of ether oxygens (including phenoxy) is 1. The molecular weight excluding hydrogens is 296 g/mol. The first-order valence-corrected chi connectivity index (χ1v) is 6.20. The molecule has 0 aromatic heterocycles. The molecule has 1 aromatic rings. The van der Waals surface area contributed by atoms with Crippen LogP contribution < -0.4 is 5.32 Å². The summed E-state index contributed by atoms with van der Waals surface area (Å²) >= 11 is 0. The Balaban J connectivity index is 3.72. The highest BCUT2D eigenvalue weighted by molar-refractivity contribution is 6.07. The SMILES string of the molecule is CCOC(=O)c1cc([N+](=O)[O-])c(NC(C)=O)c(C)c1C(=O)O. The molecule has 22 heavy (non-hydrogen) atoms. The van der Waals surface area contributed by atoms with Crippen LogP contribution in [0.5, 0.6) is 0 Å². The van der Waals surface area contributed by atoms with Crippen molar-refractivity contribution in [2.24, 2.45) is 0 Å². The van der Waals surface area contributed by atoms with Crippen molar-refractivity contribution in [3.05, 3.63) is 32.9 Å². The van der Waals surface area contributed by atoms with E-state index < -0.39 is 39.6 Å². The lowest BCUT2D eigenvalue weighted by molar-refractivity contribution is -0.384. The molecule has 1 aromatic carbocycles. The molecule has 0 radical (unpaired) electrons. The Labute approximate surface area is 125 Å². The van der Waals surface area contributed by atoms with Gasteiger partial charge in [-0.2, -0.15) is 0 Å². The third-order valence-electron chi connectivity index (χ3n) is 2.76. The number of aromatic carboxylic acids is 1. The molecule has 118 valence electrons. The van der Waals surface area contributed by atoms with Crippen LogP contribution in [0.3, 0.4) is 0 Å². The molecule has 9 heteroatoms. The minimum Gasteiger partial charge on any atom is -0.478 e. The van der Waals surface area contributed by atoms with Gasteiger partial charge < -0.3 is 15.2 Å². The number of carboxylic acid groups (broad SMARTS) is 1. The van der Waals surface area contributed by atoms with Crippen LogP contribution in [0.1, 0.15) is 40.1 Å². The van der Waals surface area contributed by atoms with E-state index in [1.54, 1.807) is 0 Å². The van der Waals surface area contributed by atoms with Crippen LogP contribution >= 0.6 is 0 Å². The van der Waals surface area contributed by atoms with Crippen molar-refractivity contribution in [1.29, 1.82) is 0 Å². The van der Waals surface area contributed by atoms with E-state index in [4.69, 9.17) is 4.74 Å². The molecule has 1 amide bonds. The number of rotatable bonds is 5. The highest BCUT2D eigenvalue weighted by Crippen LogP contribution is 2.33. The quantitative estimate of drug-likeness (QED) is 0.480. The van der Waals surface area contributed by atoms with Gasteiger partial charge in [-0.05, 0) is 19.4 Å². The average molecular weight is 310 g/mol. The number of anilines is 1. The maximum Gasteiger partial charge on any atom is 0.339 e. The van der Waals surface area contributed by atoms with Crippen LogP contribution in [-0.2, 0) is 9.53 Å². The maximum atomic E-state index is 11.8. The number of carbonyl (C=O) groups excluding carboxylic acids is 2. The molecule has 0 unspecified atom stereocenters. The summed E-state index contributed by atoms with van der Waals surface area (Å²) in [6.45, 7) is 3.90. The Morgan fingerprint density at radius 1 is 1.41 bits per heavy atom. The summed E-state index contributed by atoms with van der Waals surface area (Å²) in [7, 11) is 0. The van der Waals surface area contributed by atoms with Crippen LogP contribution in [0.4, 0.5) is 11.4 Å². The normalized spacial score (nSPS) is 9.95. The van der Waals surface area contributed by atoms with Crippen molar-refractivity contribution >= 4 is 29.2 Å². The molecule has 0 spiro atoms. The second-order valence-corrected chi connectivity index (χ2v) is 4.28. The smallest absolute Gasteiger partial charge is 0.339 e. The van der Waals surface area contributed by atoms with Crippen molar-refractivity contribution in [3.63, 3.8) is 0 Å². The minimum absolute atomic E-state index is 0.0157. The van der Waals surface area contributed by atoms with E-state index in [2.05, 4.69) is 5.32 Å². The fourth-order valence-electron chi connectivity index (χ4n) is 1.92. The summed E-state index contributed by atoms with van der Waals surface area (Å²) in [6, 6.07) is 0.791. The van der Waals surface area contributed by atoms with Gasteiger partial charge in [-0.15, -0.1) is 0 Å². The molecule has 0 heterocycles. The Bertz CT molecular complexity index is 667. The standard InChI is InChI=1S/C13H14N2O7/c1-4-22-13(19)8-5-9(15(20)21)11(14-7(3)16)6(2)10(8)12(17)18/h5H,4H2,1-3H3,(H,14,16)(H,17,18). The Morgan fingerprint density at radius 3 is 2.41 bits per heavy atom. The summed E-state index contributed by atoms with van der Waals surface area (Å²) in [5.74, 6) is -3.05. The first-order valence-electron chi connectivity index (χ1n) is 6.20. The van der Waals surface area contributed by atoms with E-state index >= 15 is 0 Å². The Kier molecular flexibility index (Phi) is 5.17. The number of amides is 1. The second-order valence-electron chi connectivity index (χ2n) is 4.28. The monoisotopic (exact) mass is 310 g/mol. The van der Waals surface area contributed by atoms with Crippen LogP contribution in [0.2, 0.25) is 0 Å². The fraction of sp³-hybridized carbons (Fsp3) is 0.308. The minimum atomic E-state index is -1.46. The lowest BCUT2D eigenvalue weighted by atomic mass is 9.98. The van der Waals surface area contributed by atoms with Gasteiger partial charge in [0.05, 0.1) is 22.7 Å². The van der Waals surface area contributed by atoms with Crippen LogP contribution in [-0.4, -0.2) is 34.5 Å². The zero-order valence-corrected chi connectivity index (χ0v) is 12.1. The molecule has 0 aliphatic carbocycles. The number of hydrogen-bond donors (Lipinski definition) is 2.